The predicted octanol–water partition coefficient (Wildman–Crippen LogP) is 5.73. The lowest BCUT2D eigenvalue weighted by Crippen LogP contribution is -2.49. The summed E-state index contributed by atoms with van der Waals surface area (Å²) in [5.74, 6) is -1.77. The quantitative estimate of drug-likeness (QED) is 0.386. The number of halogens is 4. The van der Waals surface area contributed by atoms with E-state index in [2.05, 4.69) is 5.32 Å². The van der Waals surface area contributed by atoms with Gasteiger partial charge in [0.05, 0.1) is 40.7 Å². The molecule has 38 heavy (non-hydrogen) atoms. The molecule has 0 atom stereocenters. The number of benzene rings is 3. The standard InChI is InChI=1S/C28H27Cl2F2N3O3/c1-28(2,38)15-33-26(36)17-7-9-20(29)19(11-17)16-8-10-23(24(12-16)35-13-18(31)14-35)34(3)27(37)25-21(30)5-4-6-22(25)32/h4-12,18,38H,13-15H2,1-3H3,(H,33,36). The number of anilines is 2. The maximum Gasteiger partial charge on any atom is 0.262 e. The number of nitrogens with zero attached hydrogens (tertiary/aromatic N) is 2. The lowest BCUT2D eigenvalue weighted by Gasteiger charge is -2.39. The van der Waals surface area contributed by atoms with Crippen LogP contribution in [0.3, 0.4) is 0 Å². The van der Waals surface area contributed by atoms with Crippen molar-refractivity contribution in [2.75, 3.05) is 36.5 Å². The summed E-state index contributed by atoms with van der Waals surface area (Å²) in [6, 6.07) is 14.0. The molecule has 0 radical (unpaired) electrons. The molecule has 1 aliphatic heterocycles. The molecule has 0 saturated carbocycles. The van der Waals surface area contributed by atoms with E-state index in [-0.39, 0.29) is 36.1 Å². The highest BCUT2D eigenvalue weighted by molar-refractivity contribution is 6.35. The molecule has 0 aromatic heterocycles. The van der Waals surface area contributed by atoms with E-state index in [9.17, 15) is 23.5 Å². The van der Waals surface area contributed by atoms with Crippen LogP contribution in [-0.4, -0.2) is 55.4 Å². The highest BCUT2D eigenvalue weighted by Gasteiger charge is 2.31. The largest absolute Gasteiger partial charge is 0.389 e. The number of amides is 2. The first-order valence-electron chi connectivity index (χ1n) is 11.9. The molecule has 10 heteroatoms. The molecule has 200 valence electrons. The normalized spacial score (nSPS) is 13.7. The predicted molar refractivity (Wildman–Crippen MR) is 147 cm³/mol. The van der Waals surface area contributed by atoms with Gasteiger partial charge in [-0.05, 0) is 61.9 Å². The Kier molecular flexibility index (Phi) is 7.97. The lowest BCUT2D eigenvalue weighted by atomic mass is 9.99. The van der Waals surface area contributed by atoms with E-state index in [4.69, 9.17) is 23.2 Å². The van der Waals surface area contributed by atoms with Gasteiger partial charge in [0.2, 0.25) is 0 Å². The molecule has 2 amide bonds. The van der Waals surface area contributed by atoms with E-state index in [0.717, 1.165) is 6.07 Å². The lowest BCUT2D eigenvalue weighted by molar-refractivity contribution is 0.0694. The van der Waals surface area contributed by atoms with E-state index >= 15 is 0 Å². The van der Waals surface area contributed by atoms with Crippen LogP contribution in [0.4, 0.5) is 20.2 Å². The summed E-state index contributed by atoms with van der Waals surface area (Å²) in [7, 11) is 1.50. The average molecular weight is 562 g/mol. The molecule has 0 bridgehead atoms. The van der Waals surface area contributed by atoms with Crippen LogP contribution >= 0.6 is 23.2 Å². The summed E-state index contributed by atoms with van der Waals surface area (Å²) in [4.78, 5) is 28.9. The first-order chi connectivity index (χ1) is 17.9. The molecular formula is C28H27Cl2F2N3O3. The van der Waals surface area contributed by atoms with Crippen LogP contribution in [0.25, 0.3) is 11.1 Å². The first-order valence-corrected chi connectivity index (χ1v) is 12.7. The third-order valence-corrected chi connectivity index (χ3v) is 6.86. The zero-order valence-corrected chi connectivity index (χ0v) is 22.6. The van der Waals surface area contributed by atoms with Gasteiger partial charge < -0.3 is 20.2 Å². The van der Waals surface area contributed by atoms with Crippen LogP contribution < -0.4 is 15.1 Å². The fourth-order valence-electron chi connectivity index (χ4n) is 4.11. The van der Waals surface area contributed by atoms with Crippen LogP contribution in [-0.2, 0) is 0 Å². The topological polar surface area (TPSA) is 72.9 Å². The summed E-state index contributed by atoms with van der Waals surface area (Å²) in [6.45, 7) is 3.50. The molecule has 3 aromatic carbocycles. The Labute approximate surface area is 229 Å². The van der Waals surface area contributed by atoms with Crippen molar-refractivity contribution in [3.63, 3.8) is 0 Å². The SMILES string of the molecule is CN(C(=O)c1c(F)cccc1Cl)c1ccc(-c2cc(C(=O)NCC(C)(C)O)ccc2Cl)cc1N1CC(F)C1. The number of aliphatic hydroxyl groups is 1. The molecule has 1 fully saturated rings. The van der Waals surface area contributed by atoms with Crippen molar-refractivity contribution >= 4 is 46.4 Å². The van der Waals surface area contributed by atoms with Gasteiger partial charge in [-0.1, -0.05) is 35.3 Å². The van der Waals surface area contributed by atoms with Gasteiger partial charge in [-0.2, -0.15) is 0 Å². The molecule has 3 aromatic rings. The van der Waals surface area contributed by atoms with Crippen molar-refractivity contribution in [2.45, 2.75) is 25.6 Å². The number of hydrogen-bond acceptors (Lipinski definition) is 4. The monoisotopic (exact) mass is 561 g/mol. The molecule has 0 aliphatic carbocycles. The Bertz CT molecular complexity index is 1370. The van der Waals surface area contributed by atoms with Crippen molar-refractivity contribution in [1.29, 1.82) is 0 Å². The Morgan fingerprint density at radius 1 is 1.11 bits per heavy atom. The van der Waals surface area contributed by atoms with Gasteiger partial charge in [0.1, 0.15) is 12.0 Å². The van der Waals surface area contributed by atoms with Gasteiger partial charge in [-0.25, -0.2) is 8.78 Å². The van der Waals surface area contributed by atoms with E-state index in [1.54, 1.807) is 55.1 Å². The zero-order chi connectivity index (χ0) is 27.8. The molecule has 1 heterocycles. The van der Waals surface area contributed by atoms with Crippen LogP contribution in [0, 0.1) is 5.82 Å². The Morgan fingerprint density at radius 2 is 1.82 bits per heavy atom. The molecule has 2 N–H and O–H groups in total. The van der Waals surface area contributed by atoms with Crippen LogP contribution in [0.1, 0.15) is 34.6 Å². The highest BCUT2D eigenvalue weighted by Crippen LogP contribution is 2.39. The third kappa shape index (κ3) is 5.93. The Hall–Kier alpha value is -3.20. The van der Waals surface area contributed by atoms with Crippen molar-refractivity contribution < 1.29 is 23.5 Å². The van der Waals surface area contributed by atoms with Gasteiger partial charge in [0.25, 0.3) is 11.8 Å². The minimum atomic E-state index is -1.07. The molecule has 1 saturated heterocycles. The smallest absolute Gasteiger partial charge is 0.262 e. The number of alkyl halides is 1. The number of carbonyl (C=O) groups excluding carboxylic acids is 2. The van der Waals surface area contributed by atoms with Crippen LogP contribution in [0.2, 0.25) is 10.0 Å². The van der Waals surface area contributed by atoms with E-state index in [1.807, 2.05) is 0 Å². The van der Waals surface area contributed by atoms with Gasteiger partial charge in [-0.3, -0.25) is 9.59 Å². The maximum atomic E-state index is 14.5. The van der Waals surface area contributed by atoms with E-state index in [0.29, 0.717) is 33.1 Å². The highest BCUT2D eigenvalue weighted by atomic mass is 35.5. The second-order valence-corrected chi connectivity index (χ2v) is 10.7. The first kappa shape index (κ1) is 27.8. The van der Waals surface area contributed by atoms with E-state index in [1.165, 1.54) is 24.1 Å². The number of nitrogens with one attached hydrogen (secondary N) is 1. The second-order valence-electron chi connectivity index (χ2n) is 9.86. The van der Waals surface area contributed by atoms with Gasteiger partial charge in [-0.15, -0.1) is 0 Å². The van der Waals surface area contributed by atoms with Crippen LogP contribution in [0.15, 0.2) is 54.6 Å². The van der Waals surface area contributed by atoms with Gasteiger partial charge in [0.15, 0.2) is 0 Å². The van der Waals surface area contributed by atoms with Crippen molar-refractivity contribution in [1.82, 2.24) is 5.32 Å². The number of hydrogen-bond donors (Lipinski definition) is 2. The molecule has 0 spiro atoms. The minimum absolute atomic E-state index is 0.0146. The molecule has 6 nitrogen and oxygen atoms in total. The summed E-state index contributed by atoms with van der Waals surface area (Å²) >= 11 is 12.6. The molecule has 0 unspecified atom stereocenters. The minimum Gasteiger partial charge on any atom is -0.389 e. The number of carbonyl (C=O) groups is 2. The Morgan fingerprint density at radius 3 is 2.45 bits per heavy atom. The van der Waals surface area contributed by atoms with Crippen molar-refractivity contribution in [3.8, 4) is 11.1 Å². The Balaban J connectivity index is 1.71. The second kappa shape index (κ2) is 10.9. The summed E-state index contributed by atoms with van der Waals surface area (Å²) in [5.41, 5.74) is 1.18. The fraction of sp³-hybridized carbons (Fsp3) is 0.286. The van der Waals surface area contributed by atoms with Crippen molar-refractivity contribution in [3.05, 3.63) is 81.6 Å². The summed E-state index contributed by atoms with van der Waals surface area (Å²) in [6.07, 6.45) is -1.01. The summed E-state index contributed by atoms with van der Waals surface area (Å²) < 4.78 is 28.3. The third-order valence-electron chi connectivity index (χ3n) is 6.22. The fourth-order valence-corrected chi connectivity index (χ4v) is 4.59. The van der Waals surface area contributed by atoms with Crippen molar-refractivity contribution in [2.24, 2.45) is 0 Å². The van der Waals surface area contributed by atoms with Crippen LogP contribution in [0.5, 0.6) is 0 Å². The maximum absolute atomic E-state index is 14.5. The van der Waals surface area contributed by atoms with E-state index < -0.39 is 23.5 Å². The zero-order valence-electron chi connectivity index (χ0n) is 21.1. The molecule has 1 aliphatic rings. The average Bonchev–Trinajstić information content (AvgIpc) is 2.84. The van der Waals surface area contributed by atoms with Gasteiger partial charge in [0, 0.05) is 29.7 Å². The number of rotatable bonds is 7. The molecular weight excluding hydrogens is 535 g/mol. The molecule has 4 rings (SSSR count). The summed E-state index contributed by atoms with van der Waals surface area (Å²) in [5, 5.41) is 13.0. The van der Waals surface area contributed by atoms with Gasteiger partial charge >= 0.3 is 0 Å².